The SMILES string of the molecule is Fc1cc(Cl)c(CC2CCCNC2)cc1Cl. The van der Waals surface area contributed by atoms with Crippen molar-refractivity contribution in [2.24, 2.45) is 5.92 Å². The number of piperidine rings is 1. The Bertz CT molecular complexity index is 376. The van der Waals surface area contributed by atoms with Crippen LogP contribution in [0.2, 0.25) is 10.0 Å². The van der Waals surface area contributed by atoms with Crippen molar-refractivity contribution in [3.63, 3.8) is 0 Å². The van der Waals surface area contributed by atoms with Crippen LogP contribution in [-0.4, -0.2) is 13.1 Å². The molecule has 1 saturated heterocycles. The molecule has 1 unspecified atom stereocenters. The Hall–Kier alpha value is -0.310. The average Bonchev–Trinajstić information content (AvgIpc) is 2.27. The smallest absolute Gasteiger partial charge is 0.143 e. The van der Waals surface area contributed by atoms with Gasteiger partial charge in [0, 0.05) is 5.02 Å². The lowest BCUT2D eigenvalue weighted by atomic mass is 9.92. The molecule has 16 heavy (non-hydrogen) atoms. The van der Waals surface area contributed by atoms with Crippen molar-refractivity contribution < 1.29 is 4.39 Å². The molecule has 1 nitrogen and oxygen atoms in total. The zero-order valence-electron chi connectivity index (χ0n) is 8.90. The third-order valence-electron chi connectivity index (χ3n) is 3.00. The Labute approximate surface area is 105 Å². The monoisotopic (exact) mass is 261 g/mol. The molecule has 4 heteroatoms. The van der Waals surface area contributed by atoms with Crippen molar-refractivity contribution in [2.75, 3.05) is 13.1 Å². The molecule has 2 rings (SSSR count). The van der Waals surface area contributed by atoms with Gasteiger partial charge in [0.25, 0.3) is 0 Å². The molecule has 88 valence electrons. The summed E-state index contributed by atoms with van der Waals surface area (Å²) in [7, 11) is 0. The second-order valence-electron chi connectivity index (χ2n) is 4.27. The normalized spacial score (nSPS) is 21.1. The van der Waals surface area contributed by atoms with Crippen LogP contribution in [-0.2, 0) is 6.42 Å². The van der Waals surface area contributed by atoms with Crippen molar-refractivity contribution in [1.82, 2.24) is 5.32 Å². The van der Waals surface area contributed by atoms with Gasteiger partial charge in [0.2, 0.25) is 0 Å². The minimum absolute atomic E-state index is 0.156. The fourth-order valence-electron chi connectivity index (χ4n) is 2.13. The Morgan fingerprint density at radius 2 is 2.12 bits per heavy atom. The Morgan fingerprint density at radius 1 is 1.31 bits per heavy atom. The Balaban J connectivity index is 2.11. The first-order valence-electron chi connectivity index (χ1n) is 5.51. The summed E-state index contributed by atoms with van der Waals surface area (Å²) in [5, 5.41) is 3.99. The van der Waals surface area contributed by atoms with Crippen molar-refractivity contribution in [3.05, 3.63) is 33.6 Å². The highest BCUT2D eigenvalue weighted by Gasteiger charge is 2.16. The summed E-state index contributed by atoms with van der Waals surface area (Å²) in [4.78, 5) is 0. The van der Waals surface area contributed by atoms with Crippen LogP contribution >= 0.6 is 23.2 Å². The van der Waals surface area contributed by atoms with Gasteiger partial charge in [-0.2, -0.15) is 0 Å². The van der Waals surface area contributed by atoms with E-state index in [9.17, 15) is 4.39 Å². The second-order valence-corrected chi connectivity index (χ2v) is 5.09. The van der Waals surface area contributed by atoms with Crippen LogP contribution in [0.25, 0.3) is 0 Å². The number of nitrogens with one attached hydrogen (secondary N) is 1. The fourth-order valence-corrected chi connectivity index (χ4v) is 2.54. The molecule has 0 spiro atoms. The van der Waals surface area contributed by atoms with Gasteiger partial charge < -0.3 is 5.32 Å². The van der Waals surface area contributed by atoms with Gasteiger partial charge in [0.05, 0.1) is 5.02 Å². The van der Waals surface area contributed by atoms with Crippen LogP contribution < -0.4 is 5.32 Å². The van der Waals surface area contributed by atoms with E-state index < -0.39 is 5.82 Å². The van der Waals surface area contributed by atoms with E-state index >= 15 is 0 Å². The van der Waals surface area contributed by atoms with Gasteiger partial charge in [-0.15, -0.1) is 0 Å². The fraction of sp³-hybridized carbons (Fsp3) is 0.500. The number of rotatable bonds is 2. The van der Waals surface area contributed by atoms with E-state index in [1.807, 2.05) is 0 Å². The first-order chi connectivity index (χ1) is 7.66. The Kier molecular flexibility index (Phi) is 4.06. The molecule has 1 atom stereocenters. The maximum absolute atomic E-state index is 13.1. The van der Waals surface area contributed by atoms with Gasteiger partial charge in [-0.3, -0.25) is 0 Å². The topological polar surface area (TPSA) is 12.0 Å². The van der Waals surface area contributed by atoms with E-state index in [1.165, 1.54) is 18.9 Å². The molecule has 0 aromatic heterocycles. The summed E-state index contributed by atoms with van der Waals surface area (Å²) >= 11 is 11.8. The summed E-state index contributed by atoms with van der Waals surface area (Å²) < 4.78 is 13.1. The van der Waals surface area contributed by atoms with Crippen molar-refractivity contribution in [3.8, 4) is 0 Å². The lowest BCUT2D eigenvalue weighted by molar-refractivity contribution is 0.376. The zero-order valence-corrected chi connectivity index (χ0v) is 10.4. The maximum Gasteiger partial charge on any atom is 0.143 e. The van der Waals surface area contributed by atoms with Gasteiger partial charge in [-0.25, -0.2) is 4.39 Å². The molecule has 1 aliphatic rings. The molecular formula is C12H14Cl2FN. The lowest BCUT2D eigenvalue weighted by Crippen LogP contribution is -2.30. The van der Waals surface area contributed by atoms with Crippen molar-refractivity contribution >= 4 is 23.2 Å². The number of hydrogen-bond donors (Lipinski definition) is 1. The van der Waals surface area contributed by atoms with Gasteiger partial charge in [-0.1, -0.05) is 23.2 Å². The first kappa shape index (κ1) is 12.2. The van der Waals surface area contributed by atoms with Gasteiger partial charge in [0.15, 0.2) is 0 Å². The van der Waals surface area contributed by atoms with Crippen molar-refractivity contribution in [1.29, 1.82) is 0 Å². The van der Waals surface area contributed by atoms with Crippen molar-refractivity contribution in [2.45, 2.75) is 19.3 Å². The van der Waals surface area contributed by atoms with E-state index in [-0.39, 0.29) is 5.02 Å². The van der Waals surface area contributed by atoms with E-state index in [1.54, 1.807) is 6.07 Å². The molecular weight excluding hydrogens is 248 g/mol. The highest BCUT2D eigenvalue weighted by molar-refractivity contribution is 6.33. The lowest BCUT2D eigenvalue weighted by Gasteiger charge is -2.23. The molecule has 1 aromatic carbocycles. The molecule has 0 amide bonds. The molecule has 1 N–H and O–H groups in total. The third kappa shape index (κ3) is 2.88. The Morgan fingerprint density at radius 3 is 2.81 bits per heavy atom. The van der Waals surface area contributed by atoms with E-state index in [4.69, 9.17) is 23.2 Å². The van der Waals surface area contributed by atoms with Gasteiger partial charge in [-0.05, 0) is 56.0 Å². The maximum atomic E-state index is 13.1. The molecule has 0 saturated carbocycles. The molecule has 0 aliphatic carbocycles. The molecule has 0 bridgehead atoms. The largest absolute Gasteiger partial charge is 0.316 e. The summed E-state index contributed by atoms with van der Waals surface area (Å²) in [5.41, 5.74) is 0.946. The van der Waals surface area contributed by atoms with E-state index in [2.05, 4.69) is 5.32 Å². The quantitative estimate of drug-likeness (QED) is 0.802. The van der Waals surface area contributed by atoms with Crippen LogP contribution in [0.15, 0.2) is 12.1 Å². The third-order valence-corrected chi connectivity index (χ3v) is 3.64. The zero-order chi connectivity index (χ0) is 11.5. The molecule has 0 radical (unpaired) electrons. The summed E-state index contributed by atoms with van der Waals surface area (Å²) in [5.74, 6) is 0.130. The minimum Gasteiger partial charge on any atom is -0.316 e. The van der Waals surface area contributed by atoms with Gasteiger partial charge >= 0.3 is 0 Å². The predicted molar refractivity (Wildman–Crippen MR) is 65.7 cm³/mol. The van der Waals surface area contributed by atoms with Crippen LogP contribution in [0.4, 0.5) is 4.39 Å². The molecule has 1 heterocycles. The van der Waals surface area contributed by atoms with E-state index in [0.717, 1.165) is 25.1 Å². The number of halogens is 3. The summed E-state index contributed by atoms with van der Waals surface area (Å²) in [6.07, 6.45) is 3.25. The minimum atomic E-state index is -0.447. The molecule has 1 fully saturated rings. The standard InChI is InChI=1S/C12H14Cl2FN/c13-10-6-12(15)11(14)5-9(10)4-8-2-1-3-16-7-8/h5-6,8,16H,1-4,7H2. The van der Waals surface area contributed by atoms with Crippen LogP contribution in [0.1, 0.15) is 18.4 Å². The van der Waals surface area contributed by atoms with Crippen LogP contribution in [0, 0.1) is 11.7 Å². The second kappa shape index (κ2) is 5.35. The highest BCUT2D eigenvalue weighted by atomic mass is 35.5. The highest BCUT2D eigenvalue weighted by Crippen LogP contribution is 2.27. The van der Waals surface area contributed by atoms with E-state index in [0.29, 0.717) is 10.9 Å². The molecule has 1 aromatic rings. The summed E-state index contributed by atoms with van der Waals surface area (Å²) in [6, 6.07) is 2.95. The number of benzene rings is 1. The van der Waals surface area contributed by atoms with Crippen LogP contribution in [0.5, 0.6) is 0 Å². The van der Waals surface area contributed by atoms with Crippen LogP contribution in [0.3, 0.4) is 0 Å². The first-order valence-corrected chi connectivity index (χ1v) is 6.26. The number of hydrogen-bond acceptors (Lipinski definition) is 1. The molecule has 1 aliphatic heterocycles. The summed E-state index contributed by atoms with van der Waals surface area (Å²) in [6.45, 7) is 2.10. The predicted octanol–water partition coefficient (Wildman–Crippen LogP) is 3.67. The average molecular weight is 262 g/mol. The van der Waals surface area contributed by atoms with Gasteiger partial charge in [0.1, 0.15) is 5.82 Å².